The van der Waals surface area contributed by atoms with E-state index in [0.717, 1.165) is 24.7 Å². The van der Waals surface area contributed by atoms with E-state index in [1.54, 1.807) is 30.3 Å². The van der Waals surface area contributed by atoms with E-state index in [1.165, 1.54) is 18.2 Å². The molecule has 1 aromatic heterocycles. The van der Waals surface area contributed by atoms with Gasteiger partial charge in [0.15, 0.2) is 0 Å². The summed E-state index contributed by atoms with van der Waals surface area (Å²) in [5.41, 5.74) is 2.21. The van der Waals surface area contributed by atoms with Gasteiger partial charge in [0.05, 0.1) is 34.8 Å². The van der Waals surface area contributed by atoms with Crippen molar-refractivity contribution in [3.05, 3.63) is 95.8 Å². The average Bonchev–Trinajstić information content (AvgIpc) is 3.67. The van der Waals surface area contributed by atoms with Crippen LogP contribution >= 0.6 is 0 Å². The van der Waals surface area contributed by atoms with E-state index in [9.17, 15) is 17.6 Å². The summed E-state index contributed by atoms with van der Waals surface area (Å²) in [7, 11) is -3.79. The summed E-state index contributed by atoms with van der Waals surface area (Å²) >= 11 is 0. The summed E-state index contributed by atoms with van der Waals surface area (Å²) in [4.78, 5) is 18.5. The molecule has 1 amide bonds. The highest BCUT2D eigenvalue weighted by Crippen LogP contribution is 2.42. The molecule has 5 rings (SSSR count). The number of anilines is 1. The van der Waals surface area contributed by atoms with Gasteiger partial charge in [-0.1, -0.05) is 60.7 Å². The molecule has 1 aliphatic carbocycles. The molecule has 0 bridgehead atoms. The maximum Gasteiger partial charge on any atom is 0.254 e. The van der Waals surface area contributed by atoms with Crippen LogP contribution in [0.5, 0.6) is 0 Å². The van der Waals surface area contributed by atoms with Gasteiger partial charge in [-0.05, 0) is 42.5 Å². The van der Waals surface area contributed by atoms with Gasteiger partial charge in [0.25, 0.3) is 5.91 Å². The minimum absolute atomic E-state index is 0.0249. The minimum atomic E-state index is -3.79. The zero-order valence-electron chi connectivity index (χ0n) is 19.0. The van der Waals surface area contributed by atoms with Gasteiger partial charge in [-0.25, -0.2) is 17.8 Å². The molecule has 1 aliphatic rings. The predicted molar refractivity (Wildman–Crippen MR) is 135 cm³/mol. The summed E-state index contributed by atoms with van der Waals surface area (Å²) in [5.74, 6) is -0.608. The van der Waals surface area contributed by atoms with E-state index < -0.39 is 21.7 Å². The van der Waals surface area contributed by atoms with Crippen LogP contribution in [-0.2, 0) is 10.0 Å². The van der Waals surface area contributed by atoms with Crippen molar-refractivity contribution < 1.29 is 17.6 Å². The molecule has 35 heavy (non-hydrogen) atoms. The molecule has 0 saturated heterocycles. The molecule has 1 fully saturated rings. The zero-order chi connectivity index (χ0) is 24.6. The first kappa shape index (κ1) is 23.0. The molecule has 0 aliphatic heterocycles. The number of fused-ring (bicyclic) bond motifs is 1. The SMILES string of the molecule is CS(=O)(=O)Nc1c(-c2cccc(F)c2)nc2ccccc2c1C(=O)N[C@H](c1ccccc1)C1CC1. The second-order valence-electron chi connectivity index (χ2n) is 8.81. The normalized spacial score (nSPS) is 14.5. The average molecular weight is 490 g/mol. The number of rotatable bonds is 7. The third-order valence-corrected chi connectivity index (χ3v) is 6.62. The first-order valence-corrected chi connectivity index (χ1v) is 13.2. The number of carbonyl (C=O) groups excluding carboxylic acids is 1. The highest BCUT2D eigenvalue weighted by atomic mass is 32.2. The van der Waals surface area contributed by atoms with Gasteiger partial charge < -0.3 is 5.32 Å². The molecule has 0 unspecified atom stereocenters. The Morgan fingerprint density at radius 1 is 1.00 bits per heavy atom. The van der Waals surface area contributed by atoms with Crippen molar-refractivity contribution in [2.75, 3.05) is 11.0 Å². The predicted octanol–water partition coefficient (Wildman–Crippen LogP) is 5.29. The van der Waals surface area contributed by atoms with Gasteiger partial charge in [-0.3, -0.25) is 9.52 Å². The molecule has 178 valence electrons. The second kappa shape index (κ2) is 9.11. The summed E-state index contributed by atoms with van der Waals surface area (Å²) in [6.07, 6.45) is 3.01. The van der Waals surface area contributed by atoms with Crippen molar-refractivity contribution in [3.63, 3.8) is 0 Å². The standard InChI is InChI=1S/C27H24FN3O3S/c1-35(33,34)31-26-23(27(32)30-24(18-14-15-18)17-8-3-2-4-9-17)21-12-5-6-13-22(21)29-25(26)19-10-7-11-20(28)16-19/h2-13,16,18,24,31H,14-15H2,1H3,(H,30,32)/t24-/m1/s1. The van der Waals surface area contributed by atoms with E-state index in [4.69, 9.17) is 0 Å². The third-order valence-electron chi connectivity index (χ3n) is 6.04. The van der Waals surface area contributed by atoms with E-state index in [-0.39, 0.29) is 23.0 Å². The van der Waals surface area contributed by atoms with Gasteiger partial charge >= 0.3 is 0 Å². The maximum atomic E-state index is 14.1. The Bertz CT molecular complexity index is 1520. The highest BCUT2D eigenvalue weighted by molar-refractivity contribution is 7.92. The first-order chi connectivity index (χ1) is 16.8. The molecule has 3 aromatic carbocycles. The number of sulfonamides is 1. The molecule has 1 heterocycles. The summed E-state index contributed by atoms with van der Waals surface area (Å²) in [6.45, 7) is 0. The Morgan fingerprint density at radius 2 is 1.71 bits per heavy atom. The van der Waals surface area contributed by atoms with Crippen molar-refractivity contribution in [1.82, 2.24) is 10.3 Å². The van der Waals surface area contributed by atoms with E-state index in [2.05, 4.69) is 15.0 Å². The molecular formula is C27H24FN3O3S. The number of pyridine rings is 1. The van der Waals surface area contributed by atoms with Gasteiger partial charge in [0.1, 0.15) is 5.82 Å². The van der Waals surface area contributed by atoms with Crippen LogP contribution in [0.4, 0.5) is 10.1 Å². The van der Waals surface area contributed by atoms with Gasteiger partial charge in [-0.2, -0.15) is 0 Å². The Labute approximate surface area is 203 Å². The van der Waals surface area contributed by atoms with Crippen LogP contribution in [0.15, 0.2) is 78.9 Å². The van der Waals surface area contributed by atoms with Crippen molar-refractivity contribution in [2.24, 2.45) is 5.92 Å². The number of aromatic nitrogens is 1. The topological polar surface area (TPSA) is 88.2 Å². The number of carbonyl (C=O) groups is 1. The van der Waals surface area contributed by atoms with Crippen LogP contribution in [0.3, 0.4) is 0 Å². The second-order valence-corrected chi connectivity index (χ2v) is 10.6. The molecule has 6 nitrogen and oxygen atoms in total. The minimum Gasteiger partial charge on any atom is -0.345 e. The molecule has 4 aromatic rings. The van der Waals surface area contributed by atoms with Crippen molar-refractivity contribution in [3.8, 4) is 11.3 Å². The molecule has 0 radical (unpaired) electrons. The van der Waals surface area contributed by atoms with Crippen molar-refractivity contribution in [2.45, 2.75) is 18.9 Å². The molecule has 1 atom stereocenters. The van der Waals surface area contributed by atoms with Crippen LogP contribution in [-0.4, -0.2) is 25.6 Å². The maximum absolute atomic E-state index is 14.1. The molecule has 1 saturated carbocycles. The Balaban J connectivity index is 1.71. The molecule has 0 spiro atoms. The Morgan fingerprint density at radius 3 is 2.40 bits per heavy atom. The van der Waals surface area contributed by atoms with Crippen LogP contribution in [0, 0.1) is 11.7 Å². The molecule has 8 heteroatoms. The summed E-state index contributed by atoms with van der Waals surface area (Å²) in [5, 5.41) is 3.64. The third kappa shape index (κ3) is 5.02. The van der Waals surface area contributed by atoms with Gasteiger partial charge in [0.2, 0.25) is 10.0 Å². The van der Waals surface area contributed by atoms with E-state index >= 15 is 0 Å². The lowest BCUT2D eigenvalue weighted by molar-refractivity contribution is 0.0934. The Hall–Kier alpha value is -3.78. The highest BCUT2D eigenvalue weighted by Gasteiger charge is 2.35. The largest absolute Gasteiger partial charge is 0.345 e. The number of hydrogen-bond acceptors (Lipinski definition) is 4. The Kier molecular flexibility index (Phi) is 5.98. The lowest BCUT2D eigenvalue weighted by atomic mass is 9.98. The number of amides is 1. The molecular weight excluding hydrogens is 465 g/mol. The molecule has 2 N–H and O–H groups in total. The lowest BCUT2D eigenvalue weighted by Gasteiger charge is -2.22. The van der Waals surface area contributed by atoms with Gasteiger partial charge in [-0.15, -0.1) is 0 Å². The number of nitrogens with zero attached hydrogens (tertiary/aromatic N) is 1. The lowest BCUT2D eigenvalue weighted by Crippen LogP contribution is -2.31. The van der Waals surface area contributed by atoms with Crippen LogP contribution in [0.25, 0.3) is 22.2 Å². The van der Waals surface area contributed by atoms with Crippen molar-refractivity contribution in [1.29, 1.82) is 0 Å². The summed E-state index contributed by atoms with van der Waals surface area (Å²) in [6, 6.07) is 22.3. The fraction of sp³-hybridized carbons (Fsp3) is 0.185. The summed E-state index contributed by atoms with van der Waals surface area (Å²) < 4.78 is 41.4. The van der Waals surface area contributed by atoms with E-state index in [0.29, 0.717) is 22.4 Å². The smallest absolute Gasteiger partial charge is 0.254 e. The fourth-order valence-corrected chi connectivity index (χ4v) is 4.92. The number of para-hydroxylation sites is 1. The van der Waals surface area contributed by atoms with Gasteiger partial charge in [0, 0.05) is 10.9 Å². The van der Waals surface area contributed by atoms with Crippen molar-refractivity contribution >= 4 is 32.5 Å². The quantitative estimate of drug-likeness (QED) is 0.369. The van der Waals surface area contributed by atoms with Crippen LogP contribution in [0.2, 0.25) is 0 Å². The number of halogens is 1. The zero-order valence-corrected chi connectivity index (χ0v) is 19.8. The van der Waals surface area contributed by atoms with Crippen LogP contribution < -0.4 is 10.0 Å². The monoisotopic (exact) mass is 489 g/mol. The number of hydrogen-bond donors (Lipinski definition) is 2. The first-order valence-electron chi connectivity index (χ1n) is 11.3. The van der Waals surface area contributed by atoms with E-state index in [1.807, 2.05) is 30.3 Å². The number of benzene rings is 3. The fourth-order valence-electron chi connectivity index (χ4n) is 4.35. The van der Waals surface area contributed by atoms with Crippen LogP contribution in [0.1, 0.15) is 34.8 Å². The number of nitrogens with one attached hydrogen (secondary N) is 2.